The van der Waals surface area contributed by atoms with Gasteiger partial charge in [0.25, 0.3) is 0 Å². The number of carbonyl (C=O) groups is 2. The lowest BCUT2D eigenvalue weighted by Gasteiger charge is -2.28. The van der Waals surface area contributed by atoms with Gasteiger partial charge in [-0.3, -0.25) is 0 Å². The predicted octanol–water partition coefficient (Wildman–Crippen LogP) is 1.00. The number of rotatable bonds is 1. The third-order valence-corrected chi connectivity index (χ3v) is 4.97. The summed E-state index contributed by atoms with van der Waals surface area (Å²) in [6, 6.07) is -0.756. The summed E-state index contributed by atoms with van der Waals surface area (Å²) in [5, 5.41) is 9.06. The van der Waals surface area contributed by atoms with Gasteiger partial charge < -0.3 is 14.9 Å². The SMILES string of the molecule is O=C(O)[C@@H]1CSCN1C(=O)N1CCCSCC1. The zero-order chi connectivity index (χ0) is 12.3. The molecule has 0 aromatic heterocycles. The average molecular weight is 276 g/mol. The van der Waals surface area contributed by atoms with Gasteiger partial charge in [-0.25, -0.2) is 9.59 Å². The molecule has 5 nitrogen and oxygen atoms in total. The van der Waals surface area contributed by atoms with Crippen LogP contribution in [0.25, 0.3) is 0 Å². The molecule has 0 aromatic carbocycles. The van der Waals surface area contributed by atoms with Crippen molar-refractivity contribution in [2.75, 3.05) is 36.2 Å². The average Bonchev–Trinajstić information content (AvgIpc) is 2.64. The van der Waals surface area contributed by atoms with Crippen LogP contribution in [0.5, 0.6) is 0 Å². The van der Waals surface area contributed by atoms with E-state index in [2.05, 4.69) is 0 Å². The highest BCUT2D eigenvalue weighted by atomic mass is 32.2. The fourth-order valence-corrected chi connectivity index (χ4v) is 3.98. The van der Waals surface area contributed by atoms with E-state index in [9.17, 15) is 9.59 Å². The standard InChI is InChI=1S/C10H16N2O3S2/c13-9(14)8-6-17-7-12(8)10(15)11-2-1-4-16-5-3-11/h8H,1-7H2,(H,13,14)/t8-/m0/s1. The van der Waals surface area contributed by atoms with Crippen LogP contribution >= 0.6 is 23.5 Å². The summed E-state index contributed by atoms with van der Waals surface area (Å²) in [4.78, 5) is 26.6. The molecule has 0 aliphatic carbocycles. The Morgan fingerprint density at radius 1 is 1.18 bits per heavy atom. The van der Waals surface area contributed by atoms with Gasteiger partial charge in [-0.2, -0.15) is 11.8 Å². The maximum absolute atomic E-state index is 12.2. The van der Waals surface area contributed by atoms with Crippen LogP contribution in [0.1, 0.15) is 6.42 Å². The Labute approximate surface area is 109 Å². The van der Waals surface area contributed by atoms with Crippen molar-refractivity contribution in [3.8, 4) is 0 Å². The third kappa shape index (κ3) is 3.01. The topological polar surface area (TPSA) is 60.9 Å². The van der Waals surface area contributed by atoms with Crippen LogP contribution in [-0.4, -0.2) is 69.2 Å². The lowest BCUT2D eigenvalue weighted by atomic mass is 10.3. The van der Waals surface area contributed by atoms with Crippen LogP contribution in [-0.2, 0) is 4.79 Å². The Balaban J connectivity index is 2.00. The van der Waals surface area contributed by atoms with Crippen molar-refractivity contribution in [3.63, 3.8) is 0 Å². The first-order valence-corrected chi connectivity index (χ1v) is 7.95. The molecule has 0 unspecified atom stereocenters. The minimum absolute atomic E-state index is 0.107. The summed E-state index contributed by atoms with van der Waals surface area (Å²) in [6.45, 7) is 1.48. The summed E-state index contributed by atoms with van der Waals surface area (Å²) in [6.07, 6.45) is 0.995. The van der Waals surface area contributed by atoms with Gasteiger partial charge in [0.05, 0.1) is 5.88 Å². The molecule has 0 bridgehead atoms. The Kier molecular flexibility index (Phi) is 4.44. The lowest BCUT2D eigenvalue weighted by molar-refractivity contribution is -0.140. The summed E-state index contributed by atoms with van der Waals surface area (Å²) >= 11 is 3.36. The van der Waals surface area contributed by atoms with Crippen molar-refractivity contribution in [2.24, 2.45) is 0 Å². The Morgan fingerprint density at radius 2 is 2.00 bits per heavy atom. The van der Waals surface area contributed by atoms with Crippen molar-refractivity contribution >= 4 is 35.5 Å². The molecule has 0 radical (unpaired) electrons. The summed E-state index contributed by atoms with van der Waals surface area (Å²) in [5.41, 5.74) is 0. The third-order valence-electron chi connectivity index (χ3n) is 2.91. The predicted molar refractivity (Wildman–Crippen MR) is 69.5 cm³/mol. The monoisotopic (exact) mass is 276 g/mol. The molecule has 2 fully saturated rings. The van der Waals surface area contributed by atoms with Crippen LogP contribution in [0.4, 0.5) is 4.79 Å². The van der Waals surface area contributed by atoms with Crippen molar-refractivity contribution in [1.82, 2.24) is 9.80 Å². The first-order chi connectivity index (χ1) is 8.20. The van der Waals surface area contributed by atoms with E-state index in [1.807, 2.05) is 11.8 Å². The Bertz CT molecular complexity index is 306. The Hall–Kier alpha value is -0.560. The van der Waals surface area contributed by atoms with Gasteiger partial charge in [0, 0.05) is 24.6 Å². The normalized spacial score (nSPS) is 25.8. The smallest absolute Gasteiger partial charge is 0.327 e. The molecule has 2 amide bonds. The second kappa shape index (κ2) is 5.86. The van der Waals surface area contributed by atoms with E-state index in [0.717, 1.165) is 31.0 Å². The van der Waals surface area contributed by atoms with Crippen molar-refractivity contribution in [2.45, 2.75) is 12.5 Å². The van der Waals surface area contributed by atoms with Crippen LogP contribution < -0.4 is 0 Å². The lowest BCUT2D eigenvalue weighted by Crippen LogP contribution is -2.49. The fourth-order valence-electron chi connectivity index (χ4n) is 1.95. The molecule has 2 aliphatic heterocycles. The molecule has 17 heavy (non-hydrogen) atoms. The van der Waals surface area contributed by atoms with Crippen molar-refractivity contribution in [1.29, 1.82) is 0 Å². The van der Waals surface area contributed by atoms with Crippen molar-refractivity contribution < 1.29 is 14.7 Å². The summed E-state index contributed by atoms with van der Waals surface area (Å²) in [5.74, 6) is 2.14. The number of urea groups is 1. The molecule has 2 rings (SSSR count). The van der Waals surface area contributed by atoms with Gasteiger partial charge in [-0.15, -0.1) is 11.8 Å². The Morgan fingerprint density at radius 3 is 2.76 bits per heavy atom. The first-order valence-electron chi connectivity index (χ1n) is 5.64. The zero-order valence-electron chi connectivity index (χ0n) is 9.50. The number of carboxylic acid groups (broad SMARTS) is 1. The number of amides is 2. The van der Waals surface area contributed by atoms with Gasteiger partial charge in [0.1, 0.15) is 6.04 Å². The van der Waals surface area contributed by atoms with E-state index in [-0.39, 0.29) is 6.03 Å². The van der Waals surface area contributed by atoms with Gasteiger partial charge in [-0.05, 0) is 12.2 Å². The minimum Gasteiger partial charge on any atom is -0.480 e. The molecule has 1 atom stereocenters. The number of hydrogen-bond donors (Lipinski definition) is 1. The minimum atomic E-state index is -0.896. The molecule has 0 spiro atoms. The molecular weight excluding hydrogens is 260 g/mol. The molecule has 2 saturated heterocycles. The quantitative estimate of drug-likeness (QED) is 0.774. The first kappa shape index (κ1) is 12.9. The van der Waals surface area contributed by atoms with E-state index < -0.39 is 12.0 Å². The molecule has 96 valence electrons. The number of aliphatic carboxylic acids is 1. The van der Waals surface area contributed by atoms with E-state index in [1.165, 1.54) is 16.7 Å². The molecule has 2 aliphatic rings. The van der Waals surface area contributed by atoms with Crippen LogP contribution in [0.3, 0.4) is 0 Å². The number of hydrogen-bond acceptors (Lipinski definition) is 4. The maximum atomic E-state index is 12.2. The van der Waals surface area contributed by atoms with Crippen LogP contribution in [0, 0.1) is 0 Å². The van der Waals surface area contributed by atoms with Crippen LogP contribution in [0.2, 0.25) is 0 Å². The summed E-state index contributed by atoms with van der Waals surface area (Å²) < 4.78 is 0. The number of carbonyl (C=O) groups excluding carboxylic acids is 1. The number of nitrogens with zero attached hydrogens (tertiary/aromatic N) is 2. The zero-order valence-corrected chi connectivity index (χ0v) is 11.1. The number of thioether (sulfide) groups is 2. The second-order valence-electron chi connectivity index (χ2n) is 4.06. The van der Waals surface area contributed by atoms with Crippen LogP contribution in [0.15, 0.2) is 0 Å². The van der Waals surface area contributed by atoms with Gasteiger partial charge >= 0.3 is 12.0 Å². The molecule has 0 saturated carbocycles. The van der Waals surface area contributed by atoms with Crippen molar-refractivity contribution in [3.05, 3.63) is 0 Å². The molecule has 7 heteroatoms. The number of carboxylic acids is 1. The molecule has 0 aromatic rings. The van der Waals surface area contributed by atoms with E-state index in [4.69, 9.17) is 5.11 Å². The highest BCUT2D eigenvalue weighted by molar-refractivity contribution is 7.99. The summed E-state index contributed by atoms with van der Waals surface area (Å²) in [7, 11) is 0. The molecular formula is C10H16N2O3S2. The van der Waals surface area contributed by atoms with Gasteiger partial charge in [-0.1, -0.05) is 0 Å². The highest BCUT2D eigenvalue weighted by Crippen LogP contribution is 2.23. The van der Waals surface area contributed by atoms with E-state index in [1.54, 1.807) is 4.90 Å². The fraction of sp³-hybridized carbons (Fsp3) is 0.800. The van der Waals surface area contributed by atoms with Gasteiger partial charge in [0.2, 0.25) is 0 Å². The molecule has 1 N–H and O–H groups in total. The van der Waals surface area contributed by atoms with Gasteiger partial charge in [0.15, 0.2) is 0 Å². The van der Waals surface area contributed by atoms with E-state index >= 15 is 0 Å². The second-order valence-corrected chi connectivity index (χ2v) is 6.28. The van der Waals surface area contributed by atoms with E-state index in [0.29, 0.717) is 11.6 Å². The largest absolute Gasteiger partial charge is 0.480 e. The maximum Gasteiger partial charge on any atom is 0.327 e. The molecule has 2 heterocycles. The highest BCUT2D eigenvalue weighted by Gasteiger charge is 2.36.